The lowest BCUT2D eigenvalue weighted by atomic mass is 9.94. The van der Waals surface area contributed by atoms with Crippen molar-refractivity contribution in [3.05, 3.63) is 65.5 Å². The lowest BCUT2D eigenvalue weighted by Crippen LogP contribution is -2.51. The molecule has 7 heteroatoms. The number of carbonyl (C=O) groups is 1. The van der Waals surface area contributed by atoms with Crippen molar-refractivity contribution in [3.8, 4) is 0 Å². The minimum atomic E-state index is -0.421. The van der Waals surface area contributed by atoms with E-state index in [0.29, 0.717) is 38.3 Å². The van der Waals surface area contributed by atoms with Gasteiger partial charge in [-0.25, -0.2) is 8.78 Å². The van der Waals surface area contributed by atoms with E-state index in [1.54, 1.807) is 0 Å². The van der Waals surface area contributed by atoms with Crippen LogP contribution in [0.3, 0.4) is 0 Å². The molecule has 2 aromatic rings. The first-order valence-electron chi connectivity index (χ1n) is 10.6. The first-order valence-corrected chi connectivity index (χ1v) is 10.6. The molecule has 4 rings (SSSR count). The van der Waals surface area contributed by atoms with Crippen LogP contribution in [0.2, 0.25) is 0 Å². The molecule has 3 heterocycles. The number of aromatic nitrogens is 1. The molecule has 5 nitrogen and oxygen atoms in total. The number of hydrogen-bond donors (Lipinski definition) is 0. The van der Waals surface area contributed by atoms with Crippen molar-refractivity contribution in [2.24, 2.45) is 5.92 Å². The smallest absolute Gasteiger partial charge is 0.225 e. The average molecular weight is 415 g/mol. The highest BCUT2D eigenvalue weighted by Crippen LogP contribution is 2.22. The van der Waals surface area contributed by atoms with Crippen molar-refractivity contribution in [1.82, 2.24) is 19.7 Å². The molecule has 160 valence electrons. The predicted molar refractivity (Wildman–Crippen MR) is 110 cm³/mol. The third-order valence-electron chi connectivity index (χ3n) is 6.18. The van der Waals surface area contributed by atoms with Gasteiger partial charge >= 0.3 is 0 Å². The number of carbonyl (C=O) groups excluding carboxylic acids is 1. The Morgan fingerprint density at radius 2 is 1.57 bits per heavy atom. The monoisotopic (exact) mass is 414 g/mol. The van der Waals surface area contributed by atoms with Crippen molar-refractivity contribution >= 4 is 5.91 Å². The number of hydrogen-bond acceptors (Lipinski definition) is 4. The van der Waals surface area contributed by atoms with Crippen LogP contribution in [0.1, 0.15) is 24.0 Å². The zero-order valence-electron chi connectivity index (χ0n) is 17.1. The van der Waals surface area contributed by atoms with Crippen LogP contribution in [0.5, 0.6) is 0 Å². The molecule has 0 bridgehead atoms. The normalized spacial score (nSPS) is 19.2. The Labute approximate surface area is 176 Å². The highest BCUT2D eigenvalue weighted by atomic mass is 19.1. The summed E-state index contributed by atoms with van der Waals surface area (Å²) in [7, 11) is 0. The van der Waals surface area contributed by atoms with E-state index < -0.39 is 5.82 Å². The molecule has 30 heavy (non-hydrogen) atoms. The van der Waals surface area contributed by atoms with Gasteiger partial charge in [-0.15, -0.1) is 0 Å². The first-order chi connectivity index (χ1) is 14.6. The molecule has 2 aliphatic heterocycles. The second-order valence-corrected chi connectivity index (χ2v) is 8.24. The molecule has 0 N–H and O–H groups in total. The topological polar surface area (TPSA) is 39.7 Å². The molecule has 2 aliphatic rings. The molecule has 0 unspecified atom stereocenters. The lowest BCUT2D eigenvalue weighted by Gasteiger charge is -2.38. The van der Waals surface area contributed by atoms with Gasteiger partial charge in [-0.3, -0.25) is 19.6 Å². The van der Waals surface area contributed by atoms with Crippen LogP contribution in [0, 0.1) is 17.6 Å². The molecule has 1 amide bonds. The summed E-state index contributed by atoms with van der Waals surface area (Å²) in [4.78, 5) is 23.4. The van der Waals surface area contributed by atoms with Gasteiger partial charge < -0.3 is 4.90 Å². The maximum absolute atomic E-state index is 13.9. The molecule has 0 atom stereocenters. The zero-order chi connectivity index (χ0) is 20.9. The van der Waals surface area contributed by atoms with Gasteiger partial charge in [0.15, 0.2) is 0 Å². The maximum Gasteiger partial charge on any atom is 0.225 e. The van der Waals surface area contributed by atoms with Crippen molar-refractivity contribution < 1.29 is 13.6 Å². The Balaban J connectivity index is 1.22. The van der Waals surface area contributed by atoms with E-state index in [1.165, 1.54) is 17.7 Å². The molecule has 2 saturated heterocycles. The predicted octanol–water partition coefficient (Wildman–Crippen LogP) is 2.92. The van der Waals surface area contributed by atoms with Crippen LogP contribution >= 0.6 is 0 Å². The quantitative estimate of drug-likeness (QED) is 0.754. The van der Waals surface area contributed by atoms with Crippen molar-refractivity contribution in [2.45, 2.75) is 25.9 Å². The van der Waals surface area contributed by atoms with Gasteiger partial charge in [0.25, 0.3) is 0 Å². The Morgan fingerprint density at radius 3 is 2.27 bits per heavy atom. The standard InChI is InChI=1S/C23H28F2N4O/c24-21-1-2-22(25)20(15-21)17-28-11-13-29(14-12-28)23(30)19-5-9-27(10-6-19)16-18-3-7-26-8-4-18/h1-4,7-8,15,19H,5-6,9-14,16-17H2. The van der Waals surface area contributed by atoms with Gasteiger partial charge in [0, 0.05) is 63.1 Å². The number of benzene rings is 1. The minimum absolute atomic E-state index is 0.0888. The summed E-state index contributed by atoms with van der Waals surface area (Å²) in [6.07, 6.45) is 5.40. The van der Waals surface area contributed by atoms with E-state index in [-0.39, 0.29) is 17.6 Å². The second-order valence-electron chi connectivity index (χ2n) is 8.24. The van der Waals surface area contributed by atoms with E-state index in [4.69, 9.17) is 0 Å². The van der Waals surface area contributed by atoms with E-state index in [1.807, 2.05) is 29.4 Å². The summed E-state index contributed by atoms with van der Waals surface area (Å²) in [6.45, 7) is 5.79. The van der Waals surface area contributed by atoms with Gasteiger partial charge in [0.1, 0.15) is 11.6 Å². The van der Waals surface area contributed by atoms with Crippen molar-refractivity contribution in [1.29, 1.82) is 0 Å². The average Bonchev–Trinajstić information content (AvgIpc) is 2.78. The van der Waals surface area contributed by atoms with Gasteiger partial charge in [0.05, 0.1) is 0 Å². The largest absolute Gasteiger partial charge is 0.340 e. The number of halogens is 2. The highest BCUT2D eigenvalue weighted by molar-refractivity contribution is 5.79. The summed E-state index contributed by atoms with van der Waals surface area (Å²) in [6, 6.07) is 7.63. The van der Waals surface area contributed by atoms with E-state index in [2.05, 4.69) is 14.8 Å². The molecule has 1 aromatic heterocycles. The number of amides is 1. The van der Waals surface area contributed by atoms with Crippen LogP contribution in [0.25, 0.3) is 0 Å². The number of pyridine rings is 1. The van der Waals surface area contributed by atoms with Gasteiger partial charge in [0.2, 0.25) is 5.91 Å². The fraction of sp³-hybridized carbons (Fsp3) is 0.478. The molecule has 0 radical (unpaired) electrons. The van der Waals surface area contributed by atoms with Crippen molar-refractivity contribution in [3.63, 3.8) is 0 Å². The molecular weight excluding hydrogens is 386 g/mol. The number of piperidine rings is 1. The molecular formula is C23H28F2N4O. The minimum Gasteiger partial charge on any atom is -0.340 e. The van der Waals surface area contributed by atoms with Crippen LogP contribution in [-0.4, -0.2) is 64.9 Å². The maximum atomic E-state index is 13.9. The molecule has 2 fully saturated rings. The number of piperazine rings is 1. The summed E-state index contributed by atoms with van der Waals surface area (Å²) >= 11 is 0. The van der Waals surface area contributed by atoms with E-state index >= 15 is 0 Å². The Morgan fingerprint density at radius 1 is 0.900 bits per heavy atom. The van der Waals surface area contributed by atoms with Crippen molar-refractivity contribution in [2.75, 3.05) is 39.3 Å². The Kier molecular flexibility index (Phi) is 6.69. The van der Waals surface area contributed by atoms with E-state index in [9.17, 15) is 13.6 Å². The molecule has 0 saturated carbocycles. The summed E-state index contributed by atoms with van der Waals surface area (Å²) in [5, 5.41) is 0. The third kappa shape index (κ3) is 5.21. The number of nitrogens with zero attached hydrogens (tertiary/aromatic N) is 4. The summed E-state index contributed by atoms with van der Waals surface area (Å²) in [5.41, 5.74) is 1.62. The lowest BCUT2D eigenvalue weighted by molar-refractivity contribution is -0.139. The Bertz CT molecular complexity index is 848. The zero-order valence-corrected chi connectivity index (χ0v) is 17.1. The Hall–Kier alpha value is -2.38. The van der Waals surface area contributed by atoms with Crippen LogP contribution in [0.15, 0.2) is 42.7 Å². The summed E-state index contributed by atoms with van der Waals surface area (Å²) < 4.78 is 27.3. The fourth-order valence-electron chi connectivity index (χ4n) is 4.37. The van der Waals surface area contributed by atoms with Gasteiger partial charge in [-0.2, -0.15) is 0 Å². The van der Waals surface area contributed by atoms with Crippen LogP contribution < -0.4 is 0 Å². The first kappa shape index (κ1) is 20.9. The highest BCUT2D eigenvalue weighted by Gasteiger charge is 2.30. The summed E-state index contributed by atoms with van der Waals surface area (Å²) in [5.74, 6) is -0.468. The number of likely N-dealkylation sites (tertiary alicyclic amines) is 1. The number of rotatable bonds is 5. The molecule has 0 aliphatic carbocycles. The van der Waals surface area contributed by atoms with E-state index in [0.717, 1.165) is 38.5 Å². The molecule has 0 spiro atoms. The SMILES string of the molecule is O=C(C1CCN(Cc2ccncc2)CC1)N1CCN(Cc2cc(F)ccc2F)CC1. The third-order valence-corrected chi connectivity index (χ3v) is 6.18. The van der Waals surface area contributed by atoms with Crippen LogP contribution in [0.4, 0.5) is 8.78 Å². The fourth-order valence-corrected chi connectivity index (χ4v) is 4.37. The van der Waals surface area contributed by atoms with Gasteiger partial charge in [-0.05, 0) is 61.8 Å². The second kappa shape index (κ2) is 9.62. The van der Waals surface area contributed by atoms with Crippen LogP contribution in [-0.2, 0) is 17.9 Å². The molecule has 1 aromatic carbocycles. The van der Waals surface area contributed by atoms with Gasteiger partial charge in [-0.1, -0.05) is 0 Å².